The van der Waals surface area contributed by atoms with E-state index in [-0.39, 0.29) is 0 Å². The lowest BCUT2D eigenvalue weighted by Crippen LogP contribution is -2.02. The van der Waals surface area contributed by atoms with Crippen LogP contribution in [-0.4, -0.2) is 15.2 Å². The lowest BCUT2D eigenvalue weighted by atomic mass is 9.94. The molecule has 1 atom stereocenters. The number of rotatable bonds is 4. The number of aliphatic hydroxyl groups is 1. The minimum absolute atomic E-state index is 0.538. The Morgan fingerprint density at radius 2 is 1.67 bits per heavy atom. The summed E-state index contributed by atoms with van der Waals surface area (Å²) in [7, 11) is 0. The second-order valence-corrected chi connectivity index (χ2v) is 6.77. The SMILES string of the molecule is Cc1ccc(-c2onc(-c3ccc(Cl)cc3)c2C(O)c2cccnc2)cc1. The minimum Gasteiger partial charge on any atom is -0.383 e. The van der Waals surface area contributed by atoms with Crippen molar-refractivity contribution in [1.82, 2.24) is 10.1 Å². The zero-order chi connectivity index (χ0) is 18.8. The van der Waals surface area contributed by atoms with Crippen LogP contribution in [0.2, 0.25) is 5.02 Å². The van der Waals surface area contributed by atoms with Crippen LogP contribution in [0.15, 0.2) is 77.6 Å². The standard InChI is InChI=1S/C22H17ClN2O2/c1-14-4-6-16(7-5-14)22-19(21(26)17-3-2-12-24-13-17)20(25-27-22)15-8-10-18(23)11-9-15/h2-13,21,26H,1H3. The van der Waals surface area contributed by atoms with Crippen LogP contribution >= 0.6 is 11.6 Å². The molecule has 134 valence electrons. The number of benzene rings is 2. The van der Waals surface area contributed by atoms with Crippen molar-refractivity contribution < 1.29 is 9.63 Å². The monoisotopic (exact) mass is 376 g/mol. The average molecular weight is 377 g/mol. The number of aryl methyl sites for hydroxylation is 1. The number of pyridine rings is 1. The van der Waals surface area contributed by atoms with Crippen LogP contribution < -0.4 is 0 Å². The fourth-order valence-corrected chi connectivity index (χ4v) is 3.11. The van der Waals surface area contributed by atoms with Crippen molar-refractivity contribution in [2.24, 2.45) is 0 Å². The van der Waals surface area contributed by atoms with Gasteiger partial charge in [0.2, 0.25) is 0 Å². The van der Waals surface area contributed by atoms with Crippen LogP contribution in [0.5, 0.6) is 0 Å². The Kier molecular flexibility index (Phi) is 4.75. The molecule has 0 aliphatic heterocycles. The summed E-state index contributed by atoms with van der Waals surface area (Å²) in [5.41, 5.74) is 4.67. The molecular weight excluding hydrogens is 360 g/mol. The summed E-state index contributed by atoms with van der Waals surface area (Å²) >= 11 is 6.01. The molecule has 2 heterocycles. The van der Waals surface area contributed by atoms with Crippen molar-refractivity contribution in [2.45, 2.75) is 13.0 Å². The molecule has 27 heavy (non-hydrogen) atoms. The van der Waals surface area contributed by atoms with Gasteiger partial charge in [0, 0.05) is 34.1 Å². The van der Waals surface area contributed by atoms with E-state index in [9.17, 15) is 5.11 Å². The molecule has 4 nitrogen and oxygen atoms in total. The number of halogens is 1. The van der Waals surface area contributed by atoms with Gasteiger partial charge in [-0.15, -0.1) is 0 Å². The van der Waals surface area contributed by atoms with Crippen LogP contribution in [0.1, 0.15) is 22.8 Å². The van der Waals surface area contributed by atoms with Gasteiger partial charge in [0.15, 0.2) is 5.76 Å². The van der Waals surface area contributed by atoms with Crippen molar-refractivity contribution in [3.05, 3.63) is 94.8 Å². The summed E-state index contributed by atoms with van der Waals surface area (Å²) in [6, 6.07) is 18.8. The van der Waals surface area contributed by atoms with Gasteiger partial charge in [0.1, 0.15) is 11.8 Å². The zero-order valence-electron chi connectivity index (χ0n) is 14.6. The summed E-state index contributed by atoms with van der Waals surface area (Å²) in [5, 5.41) is 16.0. The highest BCUT2D eigenvalue weighted by molar-refractivity contribution is 6.30. The van der Waals surface area contributed by atoms with E-state index in [0.717, 1.165) is 16.7 Å². The number of nitrogens with zero attached hydrogens (tertiary/aromatic N) is 2. The Morgan fingerprint density at radius 3 is 2.33 bits per heavy atom. The van der Waals surface area contributed by atoms with Gasteiger partial charge in [0.25, 0.3) is 0 Å². The van der Waals surface area contributed by atoms with Gasteiger partial charge < -0.3 is 9.63 Å². The molecule has 0 saturated carbocycles. The molecule has 0 spiro atoms. The fourth-order valence-electron chi connectivity index (χ4n) is 2.98. The summed E-state index contributed by atoms with van der Waals surface area (Å²) in [6.07, 6.45) is 2.39. The normalized spacial score (nSPS) is 12.1. The molecule has 2 aromatic carbocycles. The first-order valence-corrected chi connectivity index (χ1v) is 8.92. The lowest BCUT2D eigenvalue weighted by Gasteiger charge is -2.12. The molecule has 0 aliphatic carbocycles. The molecule has 0 fully saturated rings. The highest BCUT2D eigenvalue weighted by Gasteiger charge is 2.26. The van der Waals surface area contributed by atoms with E-state index in [1.54, 1.807) is 30.6 Å². The fraction of sp³-hybridized carbons (Fsp3) is 0.0909. The van der Waals surface area contributed by atoms with Gasteiger partial charge in [0.05, 0.1) is 5.56 Å². The van der Waals surface area contributed by atoms with E-state index in [0.29, 0.717) is 27.6 Å². The Bertz CT molecular complexity index is 979. The van der Waals surface area contributed by atoms with E-state index in [1.165, 1.54) is 0 Å². The zero-order valence-corrected chi connectivity index (χ0v) is 15.4. The molecule has 0 radical (unpaired) electrons. The molecular formula is C22H17ClN2O2. The molecule has 1 unspecified atom stereocenters. The van der Waals surface area contributed by atoms with Crippen molar-refractivity contribution in [1.29, 1.82) is 0 Å². The minimum atomic E-state index is -0.924. The van der Waals surface area contributed by atoms with E-state index >= 15 is 0 Å². The first-order chi connectivity index (χ1) is 13.1. The Labute approximate surface area is 162 Å². The molecule has 2 aromatic heterocycles. The molecule has 0 bridgehead atoms. The highest BCUT2D eigenvalue weighted by Crippen LogP contribution is 2.39. The third-order valence-corrected chi connectivity index (χ3v) is 4.68. The van der Waals surface area contributed by atoms with E-state index in [1.807, 2.05) is 49.4 Å². The topological polar surface area (TPSA) is 59.2 Å². The van der Waals surface area contributed by atoms with E-state index in [4.69, 9.17) is 16.1 Å². The largest absolute Gasteiger partial charge is 0.383 e. The summed E-state index contributed by atoms with van der Waals surface area (Å²) in [6.45, 7) is 2.02. The predicted molar refractivity (Wildman–Crippen MR) is 105 cm³/mol. The third-order valence-electron chi connectivity index (χ3n) is 4.43. The maximum absolute atomic E-state index is 11.1. The average Bonchev–Trinajstić information content (AvgIpc) is 3.14. The van der Waals surface area contributed by atoms with Crippen LogP contribution in [-0.2, 0) is 0 Å². The number of hydrogen-bond acceptors (Lipinski definition) is 4. The molecule has 1 N–H and O–H groups in total. The van der Waals surface area contributed by atoms with Crippen molar-refractivity contribution in [3.8, 4) is 22.6 Å². The Hall–Kier alpha value is -2.95. The molecule has 0 aliphatic rings. The summed E-state index contributed by atoms with van der Waals surface area (Å²) < 4.78 is 5.69. The summed E-state index contributed by atoms with van der Waals surface area (Å²) in [5.74, 6) is 0.538. The number of hydrogen-bond donors (Lipinski definition) is 1. The van der Waals surface area contributed by atoms with Gasteiger partial charge in [-0.3, -0.25) is 4.98 Å². The maximum atomic E-state index is 11.1. The second kappa shape index (κ2) is 7.35. The Balaban J connectivity index is 1.89. The number of aliphatic hydroxyl groups excluding tert-OH is 1. The van der Waals surface area contributed by atoms with Crippen molar-refractivity contribution >= 4 is 11.6 Å². The van der Waals surface area contributed by atoms with Gasteiger partial charge in [-0.2, -0.15) is 0 Å². The first kappa shape index (κ1) is 17.5. The second-order valence-electron chi connectivity index (χ2n) is 6.34. The first-order valence-electron chi connectivity index (χ1n) is 8.54. The third kappa shape index (κ3) is 3.50. The predicted octanol–water partition coefficient (Wildman–Crippen LogP) is 5.45. The van der Waals surface area contributed by atoms with Gasteiger partial charge in [-0.1, -0.05) is 64.8 Å². The van der Waals surface area contributed by atoms with Gasteiger partial charge >= 0.3 is 0 Å². The molecule has 0 saturated heterocycles. The van der Waals surface area contributed by atoms with Crippen LogP contribution in [0.25, 0.3) is 22.6 Å². The Morgan fingerprint density at radius 1 is 0.963 bits per heavy atom. The number of aromatic nitrogens is 2. The lowest BCUT2D eigenvalue weighted by molar-refractivity contribution is 0.220. The van der Waals surface area contributed by atoms with E-state index in [2.05, 4.69) is 10.1 Å². The van der Waals surface area contributed by atoms with Crippen molar-refractivity contribution in [3.63, 3.8) is 0 Å². The van der Waals surface area contributed by atoms with E-state index < -0.39 is 6.10 Å². The van der Waals surface area contributed by atoms with Gasteiger partial charge in [-0.25, -0.2) is 0 Å². The van der Waals surface area contributed by atoms with Crippen LogP contribution in [0.3, 0.4) is 0 Å². The molecule has 4 rings (SSSR count). The van der Waals surface area contributed by atoms with Crippen molar-refractivity contribution in [2.75, 3.05) is 0 Å². The summed E-state index contributed by atoms with van der Waals surface area (Å²) in [4.78, 5) is 4.12. The smallest absolute Gasteiger partial charge is 0.173 e. The highest BCUT2D eigenvalue weighted by atomic mass is 35.5. The molecule has 0 amide bonds. The quantitative estimate of drug-likeness (QED) is 0.514. The van der Waals surface area contributed by atoms with Crippen LogP contribution in [0.4, 0.5) is 0 Å². The molecule has 5 heteroatoms. The maximum Gasteiger partial charge on any atom is 0.173 e. The van der Waals surface area contributed by atoms with Crippen LogP contribution in [0, 0.1) is 6.92 Å². The molecule has 4 aromatic rings. The van der Waals surface area contributed by atoms with Gasteiger partial charge in [-0.05, 0) is 25.1 Å².